The Morgan fingerprint density at radius 2 is 2.29 bits per heavy atom. The molecule has 0 saturated carbocycles. The fourth-order valence-electron chi connectivity index (χ4n) is 2.16. The van der Waals surface area contributed by atoms with Crippen LogP contribution in [0.5, 0.6) is 0 Å². The molecule has 0 aromatic carbocycles. The highest BCUT2D eigenvalue weighted by Crippen LogP contribution is 2.51. The molecule has 0 aromatic heterocycles. The number of hydrogen-bond donors (Lipinski definition) is 2. The van der Waals surface area contributed by atoms with E-state index in [2.05, 4.69) is 5.09 Å². The van der Waals surface area contributed by atoms with Crippen molar-refractivity contribution in [1.29, 1.82) is 0 Å². The Balaban J connectivity index is 2.65. The van der Waals surface area contributed by atoms with Crippen LogP contribution >= 0.6 is 30.9 Å². The van der Waals surface area contributed by atoms with Crippen LogP contribution in [0.4, 0.5) is 0 Å². The van der Waals surface area contributed by atoms with Gasteiger partial charge in [0.15, 0.2) is 0 Å². The first-order chi connectivity index (χ1) is 10.1. The van der Waals surface area contributed by atoms with Gasteiger partial charge in [-0.05, 0) is 6.42 Å². The number of aliphatic hydroxyl groups excluding tert-OH is 1. The van der Waals surface area contributed by atoms with Gasteiger partial charge in [0.25, 0.3) is 0 Å². The number of rotatable bonds is 10. The summed E-state index contributed by atoms with van der Waals surface area (Å²) in [7, 11) is -3.18. The molecule has 6 nitrogen and oxygen atoms in total. The number of nitrogens with one attached hydrogen (secondary N) is 1. The smallest absolute Gasteiger partial charge is 0.345 e. The molecular weight excluding hydrogens is 338 g/mol. The number of alkyl halides is 2. The number of aliphatic hydroxyl groups is 1. The first-order valence-corrected chi connectivity index (χ1v) is 9.90. The summed E-state index contributed by atoms with van der Waals surface area (Å²) in [6.07, 6.45) is 1.27. The van der Waals surface area contributed by atoms with Gasteiger partial charge in [0.05, 0.1) is 19.3 Å². The standard InChI is InChI=1S/C12H25Cl2N2O4P/c1-2-3-11(17)10-19-12-4-9-20-21(18,15-7-5-13)16(12)8-6-14/h11-12,17H,2-10H2,1H3,(H,15,18). The van der Waals surface area contributed by atoms with Crippen molar-refractivity contribution in [3.8, 4) is 0 Å². The molecule has 126 valence electrons. The van der Waals surface area contributed by atoms with Gasteiger partial charge in [-0.25, -0.2) is 5.09 Å². The zero-order chi connectivity index (χ0) is 15.7. The van der Waals surface area contributed by atoms with Gasteiger partial charge in [-0.3, -0.25) is 4.57 Å². The Kier molecular flexibility index (Phi) is 9.73. The van der Waals surface area contributed by atoms with E-state index < -0.39 is 13.8 Å². The average molecular weight is 363 g/mol. The van der Waals surface area contributed by atoms with Gasteiger partial charge < -0.3 is 14.4 Å². The van der Waals surface area contributed by atoms with E-state index in [1.54, 1.807) is 4.67 Å². The summed E-state index contributed by atoms with van der Waals surface area (Å²) in [5.74, 6) is 0.649. The summed E-state index contributed by atoms with van der Waals surface area (Å²) in [6.45, 7) is 3.31. The molecular formula is C12H25Cl2N2O4P. The Bertz CT molecular complexity index is 338. The van der Waals surface area contributed by atoms with E-state index in [0.29, 0.717) is 44.3 Å². The Labute approximate surface area is 136 Å². The molecule has 1 aliphatic heterocycles. The van der Waals surface area contributed by atoms with Crippen molar-refractivity contribution >= 4 is 30.9 Å². The molecule has 1 fully saturated rings. The van der Waals surface area contributed by atoms with E-state index >= 15 is 0 Å². The van der Waals surface area contributed by atoms with Crippen LogP contribution in [-0.4, -0.2) is 60.2 Å². The second kappa shape index (κ2) is 10.4. The third-order valence-electron chi connectivity index (χ3n) is 3.12. The van der Waals surface area contributed by atoms with Crippen LogP contribution in [0.25, 0.3) is 0 Å². The summed E-state index contributed by atoms with van der Waals surface area (Å²) < 4.78 is 25.6. The minimum atomic E-state index is -3.18. The lowest BCUT2D eigenvalue weighted by Crippen LogP contribution is -2.45. The number of halogens is 2. The van der Waals surface area contributed by atoms with Crippen molar-refractivity contribution in [2.24, 2.45) is 0 Å². The van der Waals surface area contributed by atoms with E-state index in [-0.39, 0.29) is 12.8 Å². The SMILES string of the molecule is CCCC(O)COC1CCOP(=O)(NCCCl)N1CCCl. The third kappa shape index (κ3) is 6.32. The average Bonchev–Trinajstić information content (AvgIpc) is 2.46. The highest BCUT2D eigenvalue weighted by atomic mass is 35.5. The summed E-state index contributed by atoms with van der Waals surface area (Å²) in [5.41, 5.74) is 0. The molecule has 9 heteroatoms. The monoisotopic (exact) mass is 362 g/mol. The van der Waals surface area contributed by atoms with Gasteiger partial charge >= 0.3 is 7.67 Å². The van der Waals surface area contributed by atoms with Gasteiger partial charge in [0, 0.05) is 31.3 Å². The second-order valence-corrected chi connectivity index (χ2v) is 7.71. The molecule has 2 N–H and O–H groups in total. The van der Waals surface area contributed by atoms with Crippen LogP contribution < -0.4 is 5.09 Å². The minimum Gasteiger partial charge on any atom is -0.391 e. The van der Waals surface area contributed by atoms with Crippen LogP contribution in [0.1, 0.15) is 26.2 Å². The number of nitrogens with zero attached hydrogens (tertiary/aromatic N) is 1. The fraction of sp³-hybridized carbons (Fsp3) is 1.00. The third-order valence-corrected chi connectivity index (χ3v) is 5.77. The van der Waals surface area contributed by atoms with Crippen molar-refractivity contribution < 1.29 is 18.9 Å². The first-order valence-electron chi connectivity index (χ1n) is 7.25. The number of hydrogen-bond acceptors (Lipinski definition) is 4. The van der Waals surface area contributed by atoms with Gasteiger partial charge in [-0.1, -0.05) is 13.3 Å². The normalized spacial score (nSPS) is 28.7. The van der Waals surface area contributed by atoms with Crippen LogP contribution in [0.2, 0.25) is 0 Å². The molecule has 0 amide bonds. The maximum Gasteiger partial charge on any atom is 0.345 e. The van der Waals surface area contributed by atoms with E-state index in [0.717, 1.165) is 6.42 Å². The van der Waals surface area contributed by atoms with Gasteiger partial charge in [-0.2, -0.15) is 4.67 Å². The molecule has 0 spiro atoms. The van der Waals surface area contributed by atoms with Crippen LogP contribution in [0, 0.1) is 0 Å². The molecule has 1 heterocycles. The van der Waals surface area contributed by atoms with Gasteiger partial charge in [-0.15, -0.1) is 23.2 Å². The molecule has 3 unspecified atom stereocenters. The zero-order valence-electron chi connectivity index (χ0n) is 12.3. The van der Waals surface area contributed by atoms with E-state index in [1.807, 2.05) is 6.92 Å². The Hall–Kier alpha value is 0.610. The van der Waals surface area contributed by atoms with Crippen molar-refractivity contribution in [2.45, 2.75) is 38.5 Å². The lowest BCUT2D eigenvalue weighted by molar-refractivity contribution is -0.0824. The fourth-order valence-corrected chi connectivity index (χ4v) is 4.74. The molecule has 0 bridgehead atoms. The maximum absolute atomic E-state index is 12.8. The van der Waals surface area contributed by atoms with Crippen molar-refractivity contribution in [1.82, 2.24) is 9.76 Å². The Morgan fingerprint density at radius 1 is 1.52 bits per heavy atom. The quantitative estimate of drug-likeness (QED) is 0.459. The largest absolute Gasteiger partial charge is 0.391 e. The highest BCUT2D eigenvalue weighted by molar-refractivity contribution is 7.54. The molecule has 1 aliphatic rings. The molecule has 0 aliphatic carbocycles. The summed E-state index contributed by atoms with van der Waals surface area (Å²) >= 11 is 11.4. The van der Waals surface area contributed by atoms with Gasteiger partial charge in [0.1, 0.15) is 6.23 Å². The molecule has 0 radical (unpaired) electrons. The lowest BCUT2D eigenvalue weighted by Gasteiger charge is -2.40. The van der Waals surface area contributed by atoms with E-state index in [1.165, 1.54) is 0 Å². The van der Waals surface area contributed by atoms with Crippen LogP contribution in [0.15, 0.2) is 0 Å². The van der Waals surface area contributed by atoms with E-state index in [9.17, 15) is 9.67 Å². The van der Waals surface area contributed by atoms with Crippen molar-refractivity contribution in [3.05, 3.63) is 0 Å². The summed E-state index contributed by atoms with van der Waals surface area (Å²) in [6, 6.07) is 0. The predicted molar refractivity (Wildman–Crippen MR) is 85.0 cm³/mol. The molecule has 0 aromatic rings. The topological polar surface area (TPSA) is 71.0 Å². The Morgan fingerprint density at radius 3 is 2.90 bits per heavy atom. The van der Waals surface area contributed by atoms with Crippen molar-refractivity contribution in [3.63, 3.8) is 0 Å². The molecule has 1 rings (SSSR count). The minimum absolute atomic E-state index is 0.215. The summed E-state index contributed by atoms with van der Waals surface area (Å²) in [5, 5.41) is 12.6. The van der Waals surface area contributed by atoms with Crippen LogP contribution in [-0.2, 0) is 13.8 Å². The van der Waals surface area contributed by atoms with Gasteiger partial charge in [0.2, 0.25) is 0 Å². The van der Waals surface area contributed by atoms with Crippen molar-refractivity contribution in [2.75, 3.05) is 38.1 Å². The second-order valence-electron chi connectivity index (χ2n) is 4.82. The highest BCUT2D eigenvalue weighted by Gasteiger charge is 2.41. The zero-order valence-corrected chi connectivity index (χ0v) is 14.7. The first kappa shape index (κ1) is 19.7. The van der Waals surface area contributed by atoms with Crippen LogP contribution in [0.3, 0.4) is 0 Å². The maximum atomic E-state index is 12.8. The predicted octanol–water partition coefficient (Wildman–Crippen LogP) is 2.39. The molecule has 3 atom stereocenters. The number of ether oxygens (including phenoxy) is 1. The molecule has 21 heavy (non-hydrogen) atoms. The lowest BCUT2D eigenvalue weighted by atomic mass is 10.2. The summed E-state index contributed by atoms with van der Waals surface area (Å²) in [4.78, 5) is 0. The molecule has 1 saturated heterocycles. The van der Waals surface area contributed by atoms with E-state index in [4.69, 9.17) is 32.5 Å².